The van der Waals surface area contributed by atoms with Gasteiger partial charge in [0.1, 0.15) is 5.78 Å². The maximum atomic E-state index is 11.9. The van der Waals surface area contributed by atoms with Crippen LogP contribution in [0.15, 0.2) is 42.5 Å². The van der Waals surface area contributed by atoms with Crippen molar-refractivity contribution in [2.24, 2.45) is 5.92 Å². The Morgan fingerprint density at radius 3 is 2.60 bits per heavy atom. The second-order valence-corrected chi connectivity index (χ2v) is 3.71. The number of allylic oxidation sites excluding steroid dienone is 2. The van der Waals surface area contributed by atoms with E-state index in [0.29, 0.717) is 18.4 Å². The van der Waals surface area contributed by atoms with Gasteiger partial charge < -0.3 is 0 Å². The molecule has 0 saturated carbocycles. The van der Waals surface area contributed by atoms with Crippen molar-refractivity contribution in [2.45, 2.75) is 12.8 Å². The molecule has 0 aromatic heterocycles. The van der Waals surface area contributed by atoms with Crippen molar-refractivity contribution in [3.63, 3.8) is 0 Å². The topological polar surface area (TPSA) is 34.1 Å². The van der Waals surface area contributed by atoms with Crippen molar-refractivity contribution in [3.05, 3.63) is 48.0 Å². The highest BCUT2D eigenvalue weighted by Gasteiger charge is 2.22. The average molecular weight is 200 g/mol. The minimum absolute atomic E-state index is 0.0416. The lowest BCUT2D eigenvalue weighted by molar-refractivity contribution is -0.119. The van der Waals surface area contributed by atoms with E-state index in [-0.39, 0.29) is 17.5 Å². The second kappa shape index (κ2) is 4.22. The number of carbonyl (C=O) groups excluding carboxylic acids is 2. The highest BCUT2D eigenvalue weighted by Crippen LogP contribution is 2.19. The molecular weight excluding hydrogens is 188 g/mol. The molecule has 1 aromatic carbocycles. The van der Waals surface area contributed by atoms with Gasteiger partial charge in [0.2, 0.25) is 0 Å². The number of benzene rings is 1. The summed E-state index contributed by atoms with van der Waals surface area (Å²) < 4.78 is 0. The Bertz CT molecular complexity index is 404. The normalized spacial score (nSPS) is 20.3. The van der Waals surface area contributed by atoms with Crippen LogP contribution in [-0.4, -0.2) is 11.6 Å². The van der Waals surface area contributed by atoms with Gasteiger partial charge >= 0.3 is 0 Å². The van der Waals surface area contributed by atoms with Crippen LogP contribution in [0.2, 0.25) is 0 Å². The van der Waals surface area contributed by atoms with E-state index in [2.05, 4.69) is 0 Å². The van der Waals surface area contributed by atoms with Gasteiger partial charge in [0.25, 0.3) is 0 Å². The summed E-state index contributed by atoms with van der Waals surface area (Å²) in [4.78, 5) is 23.1. The molecule has 2 rings (SSSR count). The van der Waals surface area contributed by atoms with Gasteiger partial charge in [-0.3, -0.25) is 9.59 Å². The van der Waals surface area contributed by atoms with Gasteiger partial charge in [-0.15, -0.1) is 0 Å². The molecule has 76 valence electrons. The standard InChI is InChI=1S/C13H12O2/c14-12-8-4-7-11(9-12)13(15)10-5-2-1-3-6-10/h1-7,11H,8-9H2. The predicted octanol–water partition coefficient (Wildman–Crippen LogP) is 2.40. The molecule has 1 unspecified atom stereocenters. The minimum Gasteiger partial charge on any atom is -0.299 e. The first-order chi connectivity index (χ1) is 7.27. The second-order valence-electron chi connectivity index (χ2n) is 3.71. The fourth-order valence-electron chi connectivity index (χ4n) is 1.76. The van der Waals surface area contributed by atoms with Crippen molar-refractivity contribution in [2.75, 3.05) is 0 Å². The molecule has 1 aromatic rings. The van der Waals surface area contributed by atoms with E-state index in [1.807, 2.05) is 24.3 Å². The fourth-order valence-corrected chi connectivity index (χ4v) is 1.76. The molecule has 0 bridgehead atoms. The zero-order valence-electron chi connectivity index (χ0n) is 8.35. The Morgan fingerprint density at radius 1 is 1.20 bits per heavy atom. The molecule has 1 aliphatic carbocycles. The van der Waals surface area contributed by atoms with Gasteiger partial charge in [-0.1, -0.05) is 42.5 Å². The van der Waals surface area contributed by atoms with Crippen LogP contribution in [0.5, 0.6) is 0 Å². The summed E-state index contributed by atoms with van der Waals surface area (Å²) in [5.74, 6) is -0.0691. The number of rotatable bonds is 2. The summed E-state index contributed by atoms with van der Waals surface area (Å²) in [6, 6.07) is 9.12. The number of hydrogen-bond donors (Lipinski definition) is 0. The molecule has 0 heterocycles. The molecule has 0 N–H and O–H groups in total. The molecule has 1 aliphatic rings. The highest BCUT2D eigenvalue weighted by molar-refractivity contribution is 6.01. The molecule has 2 nitrogen and oxygen atoms in total. The third-order valence-electron chi connectivity index (χ3n) is 2.56. The van der Waals surface area contributed by atoms with E-state index in [9.17, 15) is 9.59 Å². The molecule has 15 heavy (non-hydrogen) atoms. The van der Waals surface area contributed by atoms with Crippen LogP contribution in [0.4, 0.5) is 0 Å². The summed E-state index contributed by atoms with van der Waals surface area (Å²) in [5.41, 5.74) is 0.682. The molecule has 0 radical (unpaired) electrons. The SMILES string of the molecule is O=C1CC=CC(C(=O)c2ccccc2)C1. The van der Waals surface area contributed by atoms with Crippen LogP contribution in [-0.2, 0) is 4.79 Å². The minimum atomic E-state index is -0.256. The van der Waals surface area contributed by atoms with Crippen LogP contribution in [0.3, 0.4) is 0 Å². The largest absolute Gasteiger partial charge is 0.299 e. The first-order valence-electron chi connectivity index (χ1n) is 5.05. The first kappa shape index (κ1) is 9.84. The van der Waals surface area contributed by atoms with Gasteiger partial charge in [0, 0.05) is 24.3 Å². The smallest absolute Gasteiger partial charge is 0.170 e. The van der Waals surface area contributed by atoms with E-state index in [0.717, 1.165) is 0 Å². The molecule has 0 aliphatic heterocycles. The number of hydrogen-bond acceptors (Lipinski definition) is 2. The van der Waals surface area contributed by atoms with Gasteiger partial charge in [-0.2, -0.15) is 0 Å². The Balaban J connectivity index is 2.18. The molecule has 0 fully saturated rings. The molecule has 1 atom stereocenters. The Morgan fingerprint density at radius 2 is 1.93 bits per heavy atom. The quantitative estimate of drug-likeness (QED) is 0.542. The fraction of sp³-hybridized carbons (Fsp3) is 0.231. The van der Waals surface area contributed by atoms with Crippen LogP contribution >= 0.6 is 0 Å². The molecule has 0 spiro atoms. The number of Topliss-reactive ketones (excluding diaryl/α,β-unsaturated/α-hetero) is 2. The van der Waals surface area contributed by atoms with Crippen LogP contribution in [0.1, 0.15) is 23.2 Å². The third kappa shape index (κ3) is 2.21. The van der Waals surface area contributed by atoms with E-state index in [4.69, 9.17) is 0 Å². The summed E-state index contributed by atoms with van der Waals surface area (Å²) in [6.07, 6.45) is 4.46. The molecular formula is C13H12O2. The first-order valence-corrected chi connectivity index (χ1v) is 5.05. The van der Waals surface area contributed by atoms with E-state index in [1.165, 1.54) is 0 Å². The maximum Gasteiger partial charge on any atom is 0.170 e. The molecule has 0 amide bonds. The number of carbonyl (C=O) groups is 2. The van der Waals surface area contributed by atoms with E-state index in [1.54, 1.807) is 18.2 Å². The van der Waals surface area contributed by atoms with E-state index < -0.39 is 0 Å². The summed E-state index contributed by atoms with van der Waals surface area (Å²) in [5, 5.41) is 0. The van der Waals surface area contributed by atoms with Crippen molar-refractivity contribution >= 4 is 11.6 Å². The third-order valence-corrected chi connectivity index (χ3v) is 2.56. The maximum absolute atomic E-state index is 11.9. The summed E-state index contributed by atoms with van der Waals surface area (Å²) in [7, 11) is 0. The lowest BCUT2D eigenvalue weighted by atomic mass is 9.88. The zero-order valence-corrected chi connectivity index (χ0v) is 8.35. The Kier molecular flexibility index (Phi) is 2.77. The summed E-state index contributed by atoms with van der Waals surface area (Å²) >= 11 is 0. The van der Waals surface area contributed by atoms with Crippen molar-refractivity contribution < 1.29 is 9.59 Å². The lowest BCUT2D eigenvalue weighted by Crippen LogP contribution is -2.19. The average Bonchev–Trinajstić information content (AvgIpc) is 2.29. The number of ketones is 2. The van der Waals surface area contributed by atoms with Crippen LogP contribution in [0, 0.1) is 5.92 Å². The van der Waals surface area contributed by atoms with Gasteiger partial charge in [0.05, 0.1) is 0 Å². The highest BCUT2D eigenvalue weighted by atomic mass is 16.1. The van der Waals surface area contributed by atoms with Crippen LogP contribution in [0.25, 0.3) is 0 Å². The summed E-state index contributed by atoms with van der Waals surface area (Å²) in [6.45, 7) is 0. The Hall–Kier alpha value is -1.70. The van der Waals surface area contributed by atoms with E-state index >= 15 is 0 Å². The van der Waals surface area contributed by atoms with Gasteiger partial charge in [0.15, 0.2) is 5.78 Å². The predicted molar refractivity (Wildman–Crippen MR) is 57.6 cm³/mol. The Labute approximate surface area is 88.6 Å². The van der Waals surface area contributed by atoms with Gasteiger partial charge in [-0.25, -0.2) is 0 Å². The lowest BCUT2D eigenvalue weighted by Gasteiger charge is -2.14. The molecule has 0 saturated heterocycles. The molecule has 2 heteroatoms. The van der Waals surface area contributed by atoms with Crippen LogP contribution < -0.4 is 0 Å². The monoisotopic (exact) mass is 200 g/mol. The van der Waals surface area contributed by atoms with Crippen molar-refractivity contribution in [1.29, 1.82) is 0 Å². The van der Waals surface area contributed by atoms with Crippen molar-refractivity contribution in [1.82, 2.24) is 0 Å². The zero-order chi connectivity index (χ0) is 10.7. The van der Waals surface area contributed by atoms with Crippen molar-refractivity contribution in [3.8, 4) is 0 Å². The van der Waals surface area contributed by atoms with Gasteiger partial charge in [-0.05, 0) is 0 Å².